The summed E-state index contributed by atoms with van der Waals surface area (Å²) in [5.74, 6) is -0.336. The zero-order valence-corrected chi connectivity index (χ0v) is 26.3. The van der Waals surface area contributed by atoms with E-state index in [4.69, 9.17) is 4.74 Å². The van der Waals surface area contributed by atoms with Crippen molar-refractivity contribution < 1.29 is 22.7 Å². The molecule has 2 aromatic rings. The molecule has 3 aliphatic rings. The number of alkyl carbamates (subject to hydrolysis) is 1. The van der Waals surface area contributed by atoms with Crippen LogP contribution in [0.3, 0.4) is 0 Å². The standard InChI is InChI=1S/C30H44N6O6S/c1-20(2)36-27-8-6-5-7-21(27)15-26(29(36)38)28(37)32-22-16-23-9-10-24(17-22)35(23)19-25(42-30(39)31-3)18-33-11-13-34(14-12-33)43(4,40)41/h5-8,15,20,22-25H,9-14,16-19H2,1-4H3,(H,31,39)(H,32,37)/t22-,23-,24+,25?. The van der Waals surface area contributed by atoms with E-state index >= 15 is 0 Å². The van der Waals surface area contributed by atoms with E-state index < -0.39 is 16.1 Å². The lowest BCUT2D eigenvalue weighted by atomic mass is 9.96. The third-order valence-corrected chi connectivity index (χ3v) is 10.4. The van der Waals surface area contributed by atoms with Crippen LogP contribution in [0, 0.1) is 0 Å². The molecule has 4 atom stereocenters. The largest absolute Gasteiger partial charge is 0.444 e. The van der Waals surface area contributed by atoms with Crippen LogP contribution < -0.4 is 16.2 Å². The number of sulfonamides is 1. The number of rotatable bonds is 9. The van der Waals surface area contributed by atoms with Crippen LogP contribution in [0.1, 0.15) is 55.9 Å². The maximum absolute atomic E-state index is 13.5. The van der Waals surface area contributed by atoms with Crippen molar-refractivity contribution >= 4 is 32.9 Å². The maximum Gasteiger partial charge on any atom is 0.407 e. The number of amides is 2. The summed E-state index contributed by atoms with van der Waals surface area (Å²) in [4.78, 5) is 43.6. The number of carbonyl (C=O) groups excluding carboxylic acids is 2. The van der Waals surface area contributed by atoms with Crippen molar-refractivity contribution in [3.63, 3.8) is 0 Å². The zero-order chi connectivity index (χ0) is 30.9. The molecular formula is C30H44N6O6S. The van der Waals surface area contributed by atoms with E-state index in [1.165, 1.54) is 17.6 Å². The lowest BCUT2D eigenvalue weighted by Gasteiger charge is -2.41. The van der Waals surface area contributed by atoms with Crippen molar-refractivity contribution in [2.45, 2.75) is 69.8 Å². The van der Waals surface area contributed by atoms with Gasteiger partial charge >= 0.3 is 6.09 Å². The SMILES string of the molecule is CNC(=O)OC(CN1CCN(S(C)(=O)=O)CC1)CN1[C@@H]2CC[C@H]1C[C@H](NC(=O)c1cc3ccccc3n(C(C)C)c1=O)C2. The summed E-state index contributed by atoms with van der Waals surface area (Å²) in [5, 5.41) is 6.57. The van der Waals surface area contributed by atoms with E-state index in [9.17, 15) is 22.8 Å². The number of fused-ring (bicyclic) bond motifs is 3. The Kier molecular flexibility index (Phi) is 9.45. The normalized spacial score (nSPS) is 24.3. The van der Waals surface area contributed by atoms with Crippen molar-refractivity contribution in [1.29, 1.82) is 0 Å². The van der Waals surface area contributed by atoms with E-state index in [1.54, 1.807) is 10.6 Å². The van der Waals surface area contributed by atoms with Crippen LogP contribution in [-0.2, 0) is 14.8 Å². The molecule has 0 saturated carbocycles. The number of para-hydroxylation sites is 1. The number of nitrogens with one attached hydrogen (secondary N) is 2. The van der Waals surface area contributed by atoms with Gasteiger partial charge in [-0.25, -0.2) is 13.2 Å². The third-order valence-electron chi connectivity index (χ3n) is 9.08. The van der Waals surface area contributed by atoms with Crippen LogP contribution in [0.25, 0.3) is 10.9 Å². The zero-order valence-electron chi connectivity index (χ0n) is 25.5. The number of hydrogen-bond donors (Lipinski definition) is 2. The molecule has 3 aliphatic heterocycles. The van der Waals surface area contributed by atoms with Crippen LogP contribution in [0.5, 0.6) is 0 Å². The van der Waals surface area contributed by atoms with E-state index in [0.29, 0.717) is 39.3 Å². The van der Waals surface area contributed by atoms with Gasteiger partial charge in [0, 0.05) is 70.5 Å². The summed E-state index contributed by atoms with van der Waals surface area (Å²) in [6.45, 7) is 6.97. The molecule has 1 unspecified atom stereocenters. The second kappa shape index (κ2) is 12.9. The second-order valence-electron chi connectivity index (χ2n) is 12.3. The molecule has 12 nitrogen and oxygen atoms in total. The van der Waals surface area contributed by atoms with Gasteiger partial charge in [-0.1, -0.05) is 18.2 Å². The summed E-state index contributed by atoms with van der Waals surface area (Å²) in [7, 11) is -1.69. The number of nitrogens with zero attached hydrogens (tertiary/aromatic N) is 4. The average Bonchev–Trinajstić information content (AvgIpc) is 3.18. The Morgan fingerprint density at radius 2 is 1.67 bits per heavy atom. The average molecular weight is 617 g/mol. The summed E-state index contributed by atoms with van der Waals surface area (Å²) in [6, 6.07) is 9.65. The quantitative estimate of drug-likeness (QED) is 0.434. The molecule has 3 fully saturated rings. The van der Waals surface area contributed by atoms with E-state index in [0.717, 1.165) is 36.6 Å². The molecule has 13 heteroatoms. The summed E-state index contributed by atoms with van der Waals surface area (Å²) in [5.41, 5.74) is 0.701. The fourth-order valence-corrected chi connectivity index (χ4v) is 7.85. The van der Waals surface area contributed by atoms with E-state index in [2.05, 4.69) is 20.4 Å². The van der Waals surface area contributed by atoms with E-state index in [1.807, 2.05) is 38.1 Å². The highest BCUT2D eigenvalue weighted by atomic mass is 32.2. The van der Waals surface area contributed by atoms with Crippen LogP contribution in [-0.4, -0.2) is 116 Å². The molecule has 2 N–H and O–H groups in total. The molecule has 2 bridgehead atoms. The van der Waals surface area contributed by atoms with Gasteiger partial charge in [0.05, 0.1) is 11.8 Å². The number of benzene rings is 1. The predicted octanol–water partition coefficient (Wildman–Crippen LogP) is 1.61. The molecule has 5 rings (SSSR count). The third kappa shape index (κ3) is 7.05. The second-order valence-corrected chi connectivity index (χ2v) is 14.3. The molecule has 1 aromatic carbocycles. The highest BCUT2D eigenvalue weighted by molar-refractivity contribution is 7.88. The van der Waals surface area contributed by atoms with Crippen molar-refractivity contribution in [2.75, 3.05) is 52.6 Å². The number of piperidine rings is 1. The highest BCUT2D eigenvalue weighted by Crippen LogP contribution is 2.36. The minimum absolute atomic E-state index is 0.0537. The molecule has 0 aliphatic carbocycles. The van der Waals surface area contributed by atoms with Gasteiger partial charge in [-0.15, -0.1) is 0 Å². The smallest absolute Gasteiger partial charge is 0.407 e. The monoisotopic (exact) mass is 616 g/mol. The summed E-state index contributed by atoms with van der Waals surface area (Å²) >= 11 is 0. The van der Waals surface area contributed by atoms with Crippen LogP contribution in [0.2, 0.25) is 0 Å². The Bertz CT molecular complexity index is 1490. The van der Waals surface area contributed by atoms with Gasteiger partial charge in [0.2, 0.25) is 10.0 Å². The molecule has 0 radical (unpaired) electrons. The fraction of sp³-hybridized carbons (Fsp3) is 0.633. The Morgan fingerprint density at radius 3 is 2.28 bits per heavy atom. The van der Waals surface area contributed by atoms with Crippen LogP contribution >= 0.6 is 0 Å². The molecule has 2 amide bonds. The first-order chi connectivity index (χ1) is 20.4. The minimum atomic E-state index is -3.23. The van der Waals surface area contributed by atoms with Crippen molar-refractivity contribution in [3.8, 4) is 0 Å². The topological polar surface area (TPSA) is 133 Å². The first-order valence-electron chi connectivity index (χ1n) is 15.2. The predicted molar refractivity (Wildman–Crippen MR) is 165 cm³/mol. The first-order valence-corrected chi connectivity index (χ1v) is 17.1. The first kappa shape index (κ1) is 31.4. The Hall–Kier alpha value is -3.00. The van der Waals surface area contributed by atoms with Gasteiger partial charge in [0.15, 0.2) is 0 Å². The Morgan fingerprint density at radius 1 is 1.02 bits per heavy atom. The maximum atomic E-state index is 13.5. The molecule has 0 spiro atoms. The molecule has 4 heterocycles. The summed E-state index contributed by atoms with van der Waals surface area (Å²) < 4.78 is 32.8. The lowest BCUT2D eigenvalue weighted by molar-refractivity contribution is 0.0142. The van der Waals surface area contributed by atoms with Gasteiger partial charge in [-0.3, -0.25) is 19.4 Å². The Labute approximate surface area is 253 Å². The lowest BCUT2D eigenvalue weighted by Crippen LogP contribution is -2.55. The number of ether oxygens (including phenoxy) is 1. The Balaban J connectivity index is 1.24. The van der Waals surface area contributed by atoms with Gasteiger partial charge in [-0.05, 0) is 57.0 Å². The van der Waals surface area contributed by atoms with Crippen LogP contribution in [0.4, 0.5) is 4.79 Å². The van der Waals surface area contributed by atoms with Crippen LogP contribution in [0.15, 0.2) is 35.1 Å². The number of carbonyl (C=O) groups is 2. The number of piperazine rings is 1. The minimum Gasteiger partial charge on any atom is -0.444 e. The molecule has 43 heavy (non-hydrogen) atoms. The van der Waals surface area contributed by atoms with Crippen molar-refractivity contribution in [3.05, 3.63) is 46.2 Å². The number of hydrogen-bond acceptors (Lipinski definition) is 8. The molecular weight excluding hydrogens is 572 g/mol. The van der Waals surface area contributed by atoms with Gasteiger partial charge in [-0.2, -0.15) is 4.31 Å². The van der Waals surface area contributed by atoms with E-state index in [-0.39, 0.29) is 47.3 Å². The number of pyridine rings is 1. The molecule has 1 aromatic heterocycles. The van der Waals surface area contributed by atoms with Crippen molar-refractivity contribution in [1.82, 2.24) is 29.3 Å². The fourth-order valence-electron chi connectivity index (χ4n) is 7.02. The van der Waals surface area contributed by atoms with Gasteiger partial charge < -0.3 is 19.9 Å². The van der Waals surface area contributed by atoms with Crippen molar-refractivity contribution in [2.24, 2.45) is 0 Å². The number of aromatic nitrogens is 1. The molecule has 3 saturated heterocycles. The van der Waals surface area contributed by atoms with Gasteiger partial charge in [0.25, 0.3) is 11.5 Å². The highest BCUT2D eigenvalue weighted by Gasteiger charge is 2.43. The van der Waals surface area contributed by atoms with Gasteiger partial charge in [0.1, 0.15) is 11.7 Å². The summed E-state index contributed by atoms with van der Waals surface area (Å²) in [6.07, 6.45) is 3.86. The molecule has 236 valence electrons.